The highest BCUT2D eigenvalue weighted by atomic mass is 16.3. The Morgan fingerprint density at radius 1 is 1.23 bits per heavy atom. The highest BCUT2D eigenvalue weighted by Crippen LogP contribution is 2.64. The monoisotopic (exact) mass is 302 g/mol. The molecular formula is C19H26O3. The Balaban J connectivity index is 1.71. The molecule has 0 radical (unpaired) electrons. The van der Waals surface area contributed by atoms with Crippen molar-refractivity contribution in [3.05, 3.63) is 12.2 Å². The Labute approximate surface area is 132 Å². The molecule has 0 aliphatic heterocycles. The molecule has 3 saturated carbocycles. The second-order valence-corrected chi connectivity index (χ2v) is 8.64. The average Bonchev–Trinajstić information content (AvgIpc) is 2.77. The van der Waals surface area contributed by atoms with E-state index in [1.807, 2.05) is 0 Å². The van der Waals surface area contributed by atoms with E-state index in [-0.39, 0.29) is 34.6 Å². The highest BCUT2D eigenvalue weighted by molar-refractivity contribution is 5.97. The van der Waals surface area contributed by atoms with E-state index in [4.69, 9.17) is 0 Å². The van der Waals surface area contributed by atoms with Crippen molar-refractivity contribution >= 4 is 11.6 Å². The first-order chi connectivity index (χ1) is 10.4. The summed E-state index contributed by atoms with van der Waals surface area (Å²) in [5.41, 5.74) is -0.131. The summed E-state index contributed by atoms with van der Waals surface area (Å²) in [4.78, 5) is 24.2. The van der Waals surface area contributed by atoms with Crippen LogP contribution in [-0.2, 0) is 9.59 Å². The van der Waals surface area contributed by atoms with Crippen molar-refractivity contribution in [2.45, 2.75) is 58.5 Å². The summed E-state index contributed by atoms with van der Waals surface area (Å²) in [5, 5.41) is 10.8. The number of hydrogen-bond donors (Lipinski definition) is 1. The molecule has 7 atom stereocenters. The van der Waals surface area contributed by atoms with Crippen LogP contribution < -0.4 is 0 Å². The van der Waals surface area contributed by atoms with Crippen molar-refractivity contribution in [1.29, 1.82) is 0 Å². The molecule has 0 aromatic carbocycles. The van der Waals surface area contributed by atoms with Gasteiger partial charge in [0.25, 0.3) is 0 Å². The average molecular weight is 302 g/mol. The Hall–Kier alpha value is -0.960. The lowest BCUT2D eigenvalue weighted by Gasteiger charge is -2.60. The topological polar surface area (TPSA) is 54.4 Å². The number of carbonyl (C=O) groups is 2. The number of hydrogen-bond acceptors (Lipinski definition) is 3. The van der Waals surface area contributed by atoms with E-state index >= 15 is 0 Å². The molecule has 0 aromatic rings. The van der Waals surface area contributed by atoms with Gasteiger partial charge in [-0.25, -0.2) is 0 Å². The van der Waals surface area contributed by atoms with E-state index in [1.165, 1.54) is 0 Å². The molecule has 0 spiro atoms. The van der Waals surface area contributed by atoms with Gasteiger partial charge in [0.15, 0.2) is 5.78 Å². The van der Waals surface area contributed by atoms with E-state index in [0.717, 1.165) is 25.7 Å². The van der Waals surface area contributed by atoms with Gasteiger partial charge in [0.1, 0.15) is 5.78 Å². The minimum atomic E-state index is -0.367. The van der Waals surface area contributed by atoms with Crippen molar-refractivity contribution in [1.82, 2.24) is 0 Å². The molecule has 4 aliphatic carbocycles. The van der Waals surface area contributed by atoms with Crippen molar-refractivity contribution in [2.75, 3.05) is 0 Å². The van der Waals surface area contributed by atoms with Gasteiger partial charge in [-0.2, -0.15) is 0 Å². The van der Waals surface area contributed by atoms with Crippen LogP contribution in [-0.4, -0.2) is 22.8 Å². The summed E-state index contributed by atoms with van der Waals surface area (Å²) in [6, 6.07) is 0. The van der Waals surface area contributed by atoms with Gasteiger partial charge < -0.3 is 5.11 Å². The van der Waals surface area contributed by atoms with E-state index in [0.29, 0.717) is 30.5 Å². The molecule has 0 heterocycles. The molecule has 22 heavy (non-hydrogen) atoms. The van der Waals surface area contributed by atoms with Gasteiger partial charge in [0.05, 0.1) is 6.10 Å². The van der Waals surface area contributed by atoms with Gasteiger partial charge in [-0.15, -0.1) is 0 Å². The zero-order valence-electron chi connectivity index (χ0n) is 13.5. The largest absolute Gasteiger partial charge is 0.393 e. The summed E-state index contributed by atoms with van der Waals surface area (Å²) in [6.07, 6.45) is 8.43. The van der Waals surface area contributed by atoms with E-state index in [9.17, 15) is 14.7 Å². The predicted molar refractivity (Wildman–Crippen MR) is 83.0 cm³/mol. The number of aliphatic hydroxyl groups is 1. The lowest BCUT2D eigenvalue weighted by atomic mass is 9.44. The molecule has 3 fully saturated rings. The second kappa shape index (κ2) is 4.53. The standard InChI is InChI=1S/C19H26O3/c1-18-7-5-12(20)9-11(18)10-15(21)17-13-3-4-16(22)19(13,2)8-6-14(17)18/h3-4,11,13-15,17,21H,5-10H2,1-2H3/t11?,13-,14-,15-,17-,18-,19-/m0/s1. The van der Waals surface area contributed by atoms with Gasteiger partial charge in [-0.05, 0) is 60.8 Å². The molecule has 0 amide bonds. The smallest absolute Gasteiger partial charge is 0.161 e. The zero-order chi connectivity index (χ0) is 15.7. The number of rotatable bonds is 0. The molecule has 1 unspecified atom stereocenters. The number of carbonyl (C=O) groups excluding carboxylic acids is 2. The van der Waals surface area contributed by atoms with Crippen LogP contribution in [0.4, 0.5) is 0 Å². The van der Waals surface area contributed by atoms with E-state index in [1.54, 1.807) is 6.08 Å². The molecular weight excluding hydrogens is 276 g/mol. The van der Waals surface area contributed by atoms with Gasteiger partial charge >= 0.3 is 0 Å². The summed E-state index contributed by atoms with van der Waals surface area (Å²) in [7, 11) is 0. The summed E-state index contributed by atoms with van der Waals surface area (Å²) < 4.78 is 0. The first-order valence-corrected chi connectivity index (χ1v) is 8.79. The summed E-state index contributed by atoms with van der Waals surface area (Å²) in [6.45, 7) is 4.43. The van der Waals surface area contributed by atoms with Crippen molar-refractivity contribution in [3.8, 4) is 0 Å². The first-order valence-electron chi connectivity index (χ1n) is 8.79. The highest BCUT2D eigenvalue weighted by Gasteiger charge is 2.61. The maximum Gasteiger partial charge on any atom is 0.161 e. The molecule has 1 N–H and O–H groups in total. The van der Waals surface area contributed by atoms with Crippen molar-refractivity contribution in [3.63, 3.8) is 0 Å². The predicted octanol–water partition coefficient (Wildman–Crippen LogP) is 2.91. The molecule has 4 aliphatic rings. The Bertz CT molecular complexity index is 565. The van der Waals surface area contributed by atoms with Crippen LogP contribution in [0.5, 0.6) is 0 Å². The maximum atomic E-state index is 12.3. The van der Waals surface area contributed by atoms with Crippen LogP contribution in [0.25, 0.3) is 0 Å². The van der Waals surface area contributed by atoms with Crippen LogP contribution in [0.15, 0.2) is 12.2 Å². The quantitative estimate of drug-likeness (QED) is 0.748. The minimum absolute atomic E-state index is 0.165. The molecule has 0 bridgehead atoms. The second-order valence-electron chi connectivity index (χ2n) is 8.64. The fraction of sp³-hybridized carbons (Fsp3) is 0.789. The Morgan fingerprint density at radius 2 is 2.00 bits per heavy atom. The Morgan fingerprint density at radius 3 is 2.77 bits per heavy atom. The molecule has 0 saturated heterocycles. The third-order valence-corrected chi connectivity index (χ3v) is 7.77. The molecule has 3 heteroatoms. The zero-order valence-corrected chi connectivity index (χ0v) is 13.5. The number of aliphatic hydroxyl groups excluding tert-OH is 1. The fourth-order valence-corrected chi connectivity index (χ4v) is 6.29. The first kappa shape index (κ1) is 14.6. The Kier molecular flexibility index (Phi) is 3.01. The van der Waals surface area contributed by atoms with E-state index in [2.05, 4.69) is 19.9 Å². The van der Waals surface area contributed by atoms with Crippen LogP contribution >= 0.6 is 0 Å². The number of Topliss-reactive ketones (excluding diaryl/α,β-unsaturated/α-hetero) is 1. The lowest BCUT2D eigenvalue weighted by molar-refractivity contribution is -0.163. The van der Waals surface area contributed by atoms with E-state index < -0.39 is 0 Å². The van der Waals surface area contributed by atoms with Gasteiger partial charge in [0, 0.05) is 18.3 Å². The van der Waals surface area contributed by atoms with Crippen LogP contribution in [0.1, 0.15) is 52.4 Å². The lowest BCUT2D eigenvalue weighted by Crippen LogP contribution is -2.58. The maximum absolute atomic E-state index is 12.3. The molecule has 120 valence electrons. The fourth-order valence-electron chi connectivity index (χ4n) is 6.29. The number of fused-ring (bicyclic) bond motifs is 5. The van der Waals surface area contributed by atoms with Gasteiger partial charge in [-0.1, -0.05) is 19.9 Å². The van der Waals surface area contributed by atoms with Crippen LogP contribution in [0, 0.1) is 34.5 Å². The van der Waals surface area contributed by atoms with Gasteiger partial charge in [-0.3, -0.25) is 9.59 Å². The molecule has 0 aromatic heterocycles. The normalized spacial score (nSPS) is 53.9. The van der Waals surface area contributed by atoms with Gasteiger partial charge in [0.2, 0.25) is 0 Å². The number of ketones is 2. The van der Waals surface area contributed by atoms with Crippen LogP contribution in [0.2, 0.25) is 0 Å². The summed E-state index contributed by atoms with van der Waals surface area (Å²) >= 11 is 0. The SMILES string of the molecule is C[C@]12CCC(=O)CC1C[C@H](O)[C@@H]1[C@@H]2CC[C@]2(C)C(=O)C=C[C@@H]12. The minimum Gasteiger partial charge on any atom is -0.393 e. The number of allylic oxidation sites excluding steroid dienone is 2. The van der Waals surface area contributed by atoms with Crippen molar-refractivity contribution < 1.29 is 14.7 Å². The summed E-state index contributed by atoms with van der Waals surface area (Å²) in [5.74, 6) is 1.76. The van der Waals surface area contributed by atoms with Crippen LogP contribution in [0.3, 0.4) is 0 Å². The van der Waals surface area contributed by atoms with Crippen molar-refractivity contribution in [2.24, 2.45) is 34.5 Å². The third kappa shape index (κ3) is 1.72. The molecule has 3 nitrogen and oxygen atoms in total. The molecule has 4 rings (SSSR count). The third-order valence-electron chi connectivity index (χ3n) is 7.77.